The molecule has 4 nitrogen and oxygen atoms in total. The Labute approximate surface area is 144 Å². The number of benzene rings is 1. The zero-order valence-electron chi connectivity index (χ0n) is 13.8. The molecule has 4 atom stereocenters. The minimum Gasteiger partial charge on any atom is -0.374 e. The van der Waals surface area contributed by atoms with Crippen LogP contribution in [0.1, 0.15) is 38.7 Å². The molecular weight excluding hydrogens is 312 g/mol. The van der Waals surface area contributed by atoms with E-state index in [1.807, 2.05) is 38.1 Å². The van der Waals surface area contributed by atoms with E-state index in [1.54, 1.807) is 0 Å². The number of hydrogen-bond donors (Lipinski definition) is 2. The number of nitrogens with one attached hydrogen (secondary N) is 1. The lowest BCUT2D eigenvalue weighted by Crippen LogP contribution is -2.42. The Kier molecular flexibility index (Phi) is 6.06. The van der Waals surface area contributed by atoms with Crippen molar-refractivity contribution in [1.29, 1.82) is 0 Å². The van der Waals surface area contributed by atoms with E-state index in [4.69, 9.17) is 10.5 Å². The summed E-state index contributed by atoms with van der Waals surface area (Å²) in [5.74, 6) is 1.11. The first-order valence-corrected chi connectivity index (χ1v) is 8.31. The summed E-state index contributed by atoms with van der Waals surface area (Å²) in [5, 5.41) is 3.03. The van der Waals surface area contributed by atoms with Gasteiger partial charge >= 0.3 is 0 Å². The molecule has 0 spiro atoms. The molecule has 2 fully saturated rings. The molecule has 3 rings (SSSR count). The van der Waals surface area contributed by atoms with Gasteiger partial charge in [-0.1, -0.05) is 12.1 Å². The van der Waals surface area contributed by atoms with Gasteiger partial charge in [-0.25, -0.2) is 0 Å². The van der Waals surface area contributed by atoms with Gasteiger partial charge in [0.05, 0.1) is 18.6 Å². The molecule has 0 radical (unpaired) electrons. The van der Waals surface area contributed by atoms with E-state index in [0.29, 0.717) is 18.4 Å². The van der Waals surface area contributed by atoms with Gasteiger partial charge in [0.1, 0.15) is 0 Å². The highest BCUT2D eigenvalue weighted by Gasteiger charge is 2.49. The van der Waals surface area contributed by atoms with E-state index in [-0.39, 0.29) is 36.4 Å². The van der Waals surface area contributed by atoms with Gasteiger partial charge in [0, 0.05) is 11.7 Å². The summed E-state index contributed by atoms with van der Waals surface area (Å²) in [7, 11) is 0. The van der Waals surface area contributed by atoms with Crippen molar-refractivity contribution in [2.75, 3.05) is 5.32 Å². The third-order valence-corrected chi connectivity index (χ3v) is 5.09. The van der Waals surface area contributed by atoms with Crippen molar-refractivity contribution >= 4 is 24.0 Å². The van der Waals surface area contributed by atoms with Crippen molar-refractivity contribution in [3.05, 3.63) is 29.8 Å². The van der Waals surface area contributed by atoms with Crippen molar-refractivity contribution in [2.24, 2.45) is 23.5 Å². The van der Waals surface area contributed by atoms with Crippen LogP contribution in [0.15, 0.2) is 24.3 Å². The molecule has 1 aromatic rings. The number of ether oxygens (including phenoxy) is 1. The largest absolute Gasteiger partial charge is 0.374 e. The predicted molar refractivity (Wildman–Crippen MR) is 94.5 cm³/mol. The van der Waals surface area contributed by atoms with Gasteiger partial charge in [-0.15, -0.1) is 12.4 Å². The number of hydrogen-bond acceptors (Lipinski definition) is 3. The summed E-state index contributed by atoms with van der Waals surface area (Å²) >= 11 is 0. The molecule has 3 N–H and O–H groups in total. The molecule has 23 heavy (non-hydrogen) atoms. The van der Waals surface area contributed by atoms with E-state index in [0.717, 1.165) is 24.1 Å². The third-order valence-electron chi connectivity index (χ3n) is 5.09. The Morgan fingerprint density at radius 3 is 2.48 bits per heavy atom. The second-order valence-electron chi connectivity index (χ2n) is 6.98. The molecule has 0 saturated heterocycles. The van der Waals surface area contributed by atoms with Crippen LogP contribution in [-0.2, 0) is 16.1 Å². The number of rotatable bonds is 5. The van der Waals surface area contributed by atoms with Crippen molar-refractivity contribution in [2.45, 2.75) is 51.9 Å². The van der Waals surface area contributed by atoms with Crippen LogP contribution in [0.3, 0.4) is 0 Å². The fourth-order valence-corrected chi connectivity index (χ4v) is 3.90. The topological polar surface area (TPSA) is 64.3 Å². The average Bonchev–Trinajstić information content (AvgIpc) is 3.07. The molecular formula is C18H27ClN2O2. The van der Waals surface area contributed by atoms with Crippen LogP contribution in [-0.4, -0.2) is 18.1 Å². The van der Waals surface area contributed by atoms with E-state index >= 15 is 0 Å². The highest BCUT2D eigenvalue weighted by atomic mass is 35.5. The summed E-state index contributed by atoms with van der Waals surface area (Å²) in [6, 6.07) is 7.92. The molecule has 0 heterocycles. The quantitative estimate of drug-likeness (QED) is 0.865. The lowest BCUT2D eigenvalue weighted by molar-refractivity contribution is -0.121. The molecule has 2 aliphatic carbocycles. The lowest BCUT2D eigenvalue weighted by Gasteiger charge is -2.27. The number of halogens is 1. The van der Waals surface area contributed by atoms with Gasteiger partial charge in [0.25, 0.3) is 0 Å². The van der Waals surface area contributed by atoms with Gasteiger partial charge in [-0.2, -0.15) is 0 Å². The van der Waals surface area contributed by atoms with Crippen LogP contribution in [0.2, 0.25) is 0 Å². The number of carbonyl (C=O) groups is 1. The maximum atomic E-state index is 12.5. The smallest absolute Gasteiger partial charge is 0.229 e. The lowest BCUT2D eigenvalue weighted by atomic mass is 9.84. The number of amides is 1. The fraction of sp³-hybridized carbons (Fsp3) is 0.611. The standard InChI is InChI=1S/C18H26N2O2.ClH/c1-11(2)22-10-12-3-7-15(8-4-12)20-18(21)16-13-5-6-14(9-13)17(16)19;/h3-4,7-8,11,13-14,16-17H,5-6,9-10,19H2,1-2H3,(H,20,21);1H. The highest BCUT2D eigenvalue weighted by molar-refractivity contribution is 5.93. The van der Waals surface area contributed by atoms with Crippen molar-refractivity contribution in [3.8, 4) is 0 Å². The van der Waals surface area contributed by atoms with Crippen LogP contribution >= 0.6 is 12.4 Å². The molecule has 0 aliphatic heterocycles. The van der Waals surface area contributed by atoms with E-state index < -0.39 is 0 Å². The van der Waals surface area contributed by atoms with Crippen LogP contribution in [0.4, 0.5) is 5.69 Å². The SMILES string of the molecule is CC(C)OCc1ccc(NC(=O)C2C3CCC(C3)C2N)cc1.Cl. The normalized spacial score (nSPS) is 28.7. The van der Waals surface area contributed by atoms with Crippen LogP contribution in [0, 0.1) is 17.8 Å². The van der Waals surface area contributed by atoms with Gasteiger partial charge in [-0.05, 0) is 62.6 Å². The Bertz CT molecular complexity index is 530. The van der Waals surface area contributed by atoms with E-state index in [9.17, 15) is 4.79 Å². The van der Waals surface area contributed by atoms with Gasteiger partial charge < -0.3 is 15.8 Å². The summed E-state index contributed by atoms with van der Waals surface area (Å²) in [4.78, 5) is 12.5. The maximum absolute atomic E-state index is 12.5. The van der Waals surface area contributed by atoms with Gasteiger partial charge in [-0.3, -0.25) is 4.79 Å². The monoisotopic (exact) mass is 338 g/mol. The van der Waals surface area contributed by atoms with Gasteiger partial charge in [0.15, 0.2) is 0 Å². The van der Waals surface area contributed by atoms with Crippen molar-refractivity contribution in [1.82, 2.24) is 0 Å². The molecule has 128 valence electrons. The van der Waals surface area contributed by atoms with E-state index in [1.165, 1.54) is 6.42 Å². The second kappa shape index (κ2) is 7.65. The Hall–Kier alpha value is -1.10. The number of carbonyl (C=O) groups excluding carboxylic acids is 1. The molecule has 2 bridgehead atoms. The Morgan fingerprint density at radius 2 is 1.91 bits per heavy atom. The first kappa shape index (κ1) is 18.2. The second-order valence-corrected chi connectivity index (χ2v) is 6.98. The average molecular weight is 339 g/mol. The zero-order valence-corrected chi connectivity index (χ0v) is 14.6. The molecule has 5 heteroatoms. The maximum Gasteiger partial charge on any atom is 0.229 e. The summed E-state index contributed by atoms with van der Waals surface area (Å²) in [5.41, 5.74) is 8.19. The fourth-order valence-electron chi connectivity index (χ4n) is 3.90. The number of fused-ring (bicyclic) bond motifs is 2. The number of nitrogens with two attached hydrogens (primary N) is 1. The summed E-state index contributed by atoms with van der Waals surface area (Å²) < 4.78 is 5.57. The van der Waals surface area contributed by atoms with Crippen molar-refractivity contribution < 1.29 is 9.53 Å². The number of anilines is 1. The minimum absolute atomic E-state index is 0. The predicted octanol–water partition coefficient (Wildman–Crippen LogP) is 3.35. The third kappa shape index (κ3) is 4.06. The molecule has 0 aromatic heterocycles. The molecule has 2 saturated carbocycles. The Balaban J connectivity index is 0.00000192. The first-order valence-electron chi connectivity index (χ1n) is 8.31. The highest BCUT2D eigenvalue weighted by Crippen LogP contribution is 2.47. The van der Waals surface area contributed by atoms with Crippen LogP contribution < -0.4 is 11.1 Å². The Morgan fingerprint density at radius 1 is 1.26 bits per heavy atom. The zero-order chi connectivity index (χ0) is 15.7. The van der Waals surface area contributed by atoms with Gasteiger partial charge in [0.2, 0.25) is 5.91 Å². The van der Waals surface area contributed by atoms with Crippen LogP contribution in [0.25, 0.3) is 0 Å². The molecule has 4 unspecified atom stereocenters. The summed E-state index contributed by atoms with van der Waals surface area (Å²) in [6.45, 7) is 4.64. The molecule has 1 aromatic carbocycles. The molecule has 1 amide bonds. The van der Waals surface area contributed by atoms with E-state index in [2.05, 4.69) is 5.32 Å². The summed E-state index contributed by atoms with van der Waals surface area (Å²) in [6.07, 6.45) is 3.70. The molecule has 2 aliphatic rings. The van der Waals surface area contributed by atoms with Crippen LogP contribution in [0.5, 0.6) is 0 Å². The minimum atomic E-state index is -0.0114. The first-order chi connectivity index (χ1) is 10.5. The van der Waals surface area contributed by atoms with Crippen molar-refractivity contribution in [3.63, 3.8) is 0 Å².